The second-order valence-corrected chi connectivity index (χ2v) is 7.73. The highest BCUT2D eigenvalue weighted by atomic mass is 14.3. The van der Waals surface area contributed by atoms with Crippen molar-refractivity contribution in [3.05, 3.63) is 71.8 Å². The summed E-state index contributed by atoms with van der Waals surface area (Å²) in [5.74, 6) is 1.30. The number of unbranched alkanes of at least 4 members (excludes halogenated alkanes) is 6. The molecule has 0 heterocycles. The summed E-state index contributed by atoms with van der Waals surface area (Å²) in [5, 5.41) is 0. The Balaban J connectivity index is 2.18. The van der Waals surface area contributed by atoms with E-state index in [4.69, 9.17) is 0 Å². The fourth-order valence-electron chi connectivity index (χ4n) is 4.18. The van der Waals surface area contributed by atoms with E-state index in [0.717, 1.165) is 0 Å². The third-order valence-corrected chi connectivity index (χ3v) is 5.68. The van der Waals surface area contributed by atoms with E-state index in [0.29, 0.717) is 11.8 Å². The molecule has 2 unspecified atom stereocenters. The van der Waals surface area contributed by atoms with Gasteiger partial charge in [0.05, 0.1) is 0 Å². The zero-order valence-corrected chi connectivity index (χ0v) is 17.0. The zero-order valence-electron chi connectivity index (χ0n) is 17.0. The van der Waals surface area contributed by atoms with Gasteiger partial charge in [0.1, 0.15) is 0 Å². The molecule has 0 bridgehead atoms. The molecule has 0 heteroatoms. The van der Waals surface area contributed by atoms with Crippen molar-refractivity contribution < 1.29 is 0 Å². The molecule has 0 fully saturated rings. The third kappa shape index (κ3) is 6.98. The van der Waals surface area contributed by atoms with Crippen LogP contribution in [0.5, 0.6) is 0 Å². The van der Waals surface area contributed by atoms with Crippen LogP contribution in [0.15, 0.2) is 60.7 Å². The molecule has 0 aliphatic heterocycles. The zero-order chi connectivity index (χ0) is 18.5. The summed E-state index contributed by atoms with van der Waals surface area (Å²) in [6.07, 6.45) is 13.5. The van der Waals surface area contributed by atoms with Crippen LogP contribution in [-0.2, 0) is 0 Å². The molecule has 2 aromatic rings. The second kappa shape index (κ2) is 12.7. The summed E-state index contributed by atoms with van der Waals surface area (Å²) in [7, 11) is 0. The normalized spacial score (nSPS) is 13.5. The third-order valence-electron chi connectivity index (χ3n) is 5.68. The Bertz CT molecular complexity index is 504. The molecule has 0 nitrogen and oxygen atoms in total. The van der Waals surface area contributed by atoms with Gasteiger partial charge in [-0.1, -0.05) is 126 Å². The first kappa shape index (κ1) is 20.7. The van der Waals surface area contributed by atoms with Crippen molar-refractivity contribution in [1.82, 2.24) is 0 Å². The first-order valence-electron chi connectivity index (χ1n) is 11.0. The van der Waals surface area contributed by atoms with Crippen LogP contribution in [-0.4, -0.2) is 0 Å². The molecule has 0 saturated heterocycles. The Labute approximate surface area is 162 Å². The van der Waals surface area contributed by atoms with Gasteiger partial charge in [-0.2, -0.15) is 0 Å². The minimum absolute atomic E-state index is 0.650. The van der Waals surface area contributed by atoms with E-state index in [-0.39, 0.29) is 0 Å². The highest BCUT2D eigenvalue weighted by Crippen LogP contribution is 2.40. The molecular weight excluding hydrogens is 312 g/mol. The summed E-state index contributed by atoms with van der Waals surface area (Å²) in [5.41, 5.74) is 3.07. The van der Waals surface area contributed by atoms with Crippen molar-refractivity contribution in [2.45, 2.75) is 89.9 Å². The minimum atomic E-state index is 0.650. The first-order chi connectivity index (χ1) is 12.9. The van der Waals surface area contributed by atoms with Gasteiger partial charge in [0, 0.05) is 0 Å². The van der Waals surface area contributed by atoms with Crippen molar-refractivity contribution in [2.24, 2.45) is 0 Å². The molecule has 0 aromatic heterocycles. The van der Waals surface area contributed by atoms with Crippen molar-refractivity contribution in [3.63, 3.8) is 0 Å². The fourth-order valence-corrected chi connectivity index (χ4v) is 4.18. The van der Waals surface area contributed by atoms with Crippen LogP contribution in [0.4, 0.5) is 0 Å². The van der Waals surface area contributed by atoms with Gasteiger partial charge in [0.2, 0.25) is 0 Å². The molecule has 0 saturated carbocycles. The Hall–Kier alpha value is -1.56. The monoisotopic (exact) mass is 350 g/mol. The molecule has 0 N–H and O–H groups in total. The van der Waals surface area contributed by atoms with Gasteiger partial charge < -0.3 is 0 Å². The molecule has 26 heavy (non-hydrogen) atoms. The number of rotatable bonds is 13. The maximum Gasteiger partial charge on any atom is -0.00931 e. The van der Waals surface area contributed by atoms with Crippen LogP contribution in [0.1, 0.15) is 101 Å². The topological polar surface area (TPSA) is 0 Å². The Morgan fingerprint density at radius 2 is 0.885 bits per heavy atom. The van der Waals surface area contributed by atoms with Gasteiger partial charge in [-0.05, 0) is 35.8 Å². The predicted molar refractivity (Wildman–Crippen MR) is 116 cm³/mol. The van der Waals surface area contributed by atoms with Gasteiger partial charge in [-0.25, -0.2) is 0 Å². The van der Waals surface area contributed by atoms with Crippen LogP contribution in [0.2, 0.25) is 0 Å². The maximum atomic E-state index is 2.35. The smallest absolute Gasteiger partial charge is 0.00931 e. The van der Waals surface area contributed by atoms with Crippen LogP contribution in [0.3, 0.4) is 0 Å². The van der Waals surface area contributed by atoms with E-state index >= 15 is 0 Å². The van der Waals surface area contributed by atoms with E-state index in [1.165, 1.54) is 75.3 Å². The van der Waals surface area contributed by atoms with Gasteiger partial charge >= 0.3 is 0 Å². The lowest BCUT2D eigenvalue weighted by molar-refractivity contribution is 0.437. The largest absolute Gasteiger partial charge is 0.0654 e. The van der Waals surface area contributed by atoms with Crippen molar-refractivity contribution in [2.75, 3.05) is 0 Å². The van der Waals surface area contributed by atoms with Crippen molar-refractivity contribution >= 4 is 0 Å². The maximum absolute atomic E-state index is 2.35. The van der Waals surface area contributed by atoms with E-state index < -0.39 is 0 Å². The average Bonchev–Trinajstić information content (AvgIpc) is 2.70. The van der Waals surface area contributed by atoms with Crippen LogP contribution in [0.25, 0.3) is 0 Å². The molecule has 2 atom stereocenters. The Morgan fingerprint density at radius 1 is 0.500 bits per heavy atom. The van der Waals surface area contributed by atoms with E-state index in [1.807, 2.05) is 0 Å². The van der Waals surface area contributed by atoms with Gasteiger partial charge in [-0.15, -0.1) is 0 Å². The summed E-state index contributed by atoms with van der Waals surface area (Å²) < 4.78 is 0. The Morgan fingerprint density at radius 3 is 1.23 bits per heavy atom. The summed E-state index contributed by atoms with van der Waals surface area (Å²) in [4.78, 5) is 0. The SMILES string of the molecule is CCCCCCC(c1ccccc1)C(CCCCCC)c1ccccc1. The summed E-state index contributed by atoms with van der Waals surface area (Å²) in [6, 6.07) is 22.6. The lowest BCUT2D eigenvalue weighted by Gasteiger charge is -2.29. The summed E-state index contributed by atoms with van der Waals surface area (Å²) in [6.45, 7) is 4.60. The van der Waals surface area contributed by atoms with E-state index in [2.05, 4.69) is 74.5 Å². The lowest BCUT2D eigenvalue weighted by atomic mass is 9.76. The van der Waals surface area contributed by atoms with Crippen LogP contribution < -0.4 is 0 Å². The molecular formula is C26H38. The predicted octanol–water partition coefficient (Wildman–Crippen LogP) is 8.49. The molecule has 2 aromatic carbocycles. The summed E-state index contributed by atoms with van der Waals surface area (Å²) >= 11 is 0. The van der Waals surface area contributed by atoms with Crippen molar-refractivity contribution in [1.29, 1.82) is 0 Å². The van der Waals surface area contributed by atoms with E-state index in [1.54, 1.807) is 0 Å². The van der Waals surface area contributed by atoms with E-state index in [9.17, 15) is 0 Å². The van der Waals surface area contributed by atoms with Crippen molar-refractivity contribution in [3.8, 4) is 0 Å². The average molecular weight is 351 g/mol. The van der Waals surface area contributed by atoms with Gasteiger partial charge in [-0.3, -0.25) is 0 Å². The van der Waals surface area contributed by atoms with Crippen LogP contribution >= 0.6 is 0 Å². The molecule has 0 spiro atoms. The highest BCUT2D eigenvalue weighted by molar-refractivity contribution is 5.28. The molecule has 0 radical (unpaired) electrons. The van der Waals surface area contributed by atoms with Gasteiger partial charge in [0.15, 0.2) is 0 Å². The molecule has 0 aliphatic rings. The molecule has 0 amide bonds. The van der Waals surface area contributed by atoms with Gasteiger partial charge in [0.25, 0.3) is 0 Å². The lowest BCUT2D eigenvalue weighted by Crippen LogP contribution is -2.12. The standard InChI is InChI=1S/C26H38/c1-3-5-7-15-21-25(23-17-11-9-12-18-23)26(22-16-8-6-4-2)24-19-13-10-14-20-24/h9-14,17-20,25-26H,3-8,15-16,21-22H2,1-2H3. The number of benzene rings is 2. The molecule has 142 valence electrons. The number of hydrogen-bond donors (Lipinski definition) is 0. The molecule has 2 rings (SSSR count). The second-order valence-electron chi connectivity index (χ2n) is 7.73. The first-order valence-corrected chi connectivity index (χ1v) is 11.0. The number of hydrogen-bond acceptors (Lipinski definition) is 0. The quantitative estimate of drug-likeness (QED) is 0.318. The Kier molecular flexibility index (Phi) is 10.2. The van der Waals surface area contributed by atoms with Crippen LogP contribution in [0, 0.1) is 0 Å². The minimum Gasteiger partial charge on any atom is -0.0654 e. The fraction of sp³-hybridized carbons (Fsp3) is 0.538. The molecule has 0 aliphatic carbocycles. The highest BCUT2D eigenvalue weighted by Gasteiger charge is 2.24.